The molecule has 11 nitrogen and oxygen atoms in total. The number of benzene rings is 2. The summed E-state index contributed by atoms with van der Waals surface area (Å²) in [6, 6.07) is 15.8. The molecule has 3 aliphatic heterocycles. The third kappa shape index (κ3) is 6.29. The maximum atomic E-state index is 12.3. The molecule has 11 heteroatoms. The van der Waals surface area contributed by atoms with Gasteiger partial charge in [0.1, 0.15) is 30.4 Å². The highest BCUT2D eigenvalue weighted by Crippen LogP contribution is 2.37. The molecule has 3 heterocycles. The zero-order chi connectivity index (χ0) is 29.8. The van der Waals surface area contributed by atoms with Crippen molar-refractivity contribution in [1.29, 1.82) is 0 Å². The Hall–Kier alpha value is -4.19. The minimum atomic E-state index is -0.512. The molecule has 3 N–H and O–H groups in total. The molecule has 1 saturated heterocycles. The van der Waals surface area contributed by atoms with Gasteiger partial charge in [-0.1, -0.05) is 24.8 Å². The summed E-state index contributed by atoms with van der Waals surface area (Å²) in [5.74, 6) is 1.35. The van der Waals surface area contributed by atoms with Crippen molar-refractivity contribution in [2.24, 2.45) is 26.7 Å². The predicted molar refractivity (Wildman–Crippen MR) is 168 cm³/mol. The fraction of sp³-hybridized carbons (Fsp3) is 0.406. The number of nitrogens with one attached hydrogen (secondary N) is 1. The second kappa shape index (κ2) is 13.0. The van der Waals surface area contributed by atoms with Crippen LogP contribution in [-0.2, 0) is 9.59 Å². The van der Waals surface area contributed by atoms with E-state index in [2.05, 4.69) is 36.7 Å². The van der Waals surface area contributed by atoms with Crippen molar-refractivity contribution in [3.8, 4) is 11.5 Å². The van der Waals surface area contributed by atoms with Gasteiger partial charge in [0.25, 0.3) is 0 Å². The van der Waals surface area contributed by atoms with Crippen LogP contribution in [0.4, 0.5) is 5.69 Å². The molecule has 1 amide bonds. The Morgan fingerprint density at radius 3 is 2.51 bits per heavy atom. The lowest BCUT2D eigenvalue weighted by molar-refractivity contribution is -0.112. The number of aldehydes is 1. The third-order valence-electron chi connectivity index (χ3n) is 8.75. The van der Waals surface area contributed by atoms with Crippen molar-refractivity contribution in [1.82, 2.24) is 14.8 Å². The number of nitrogens with zero attached hydrogens (tertiary/aromatic N) is 6. The van der Waals surface area contributed by atoms with Crippen LogP contribution in [0.3, 0.4) is 0 Å². The first-order valence-corrected chi connectivity index (χ1v) is 15.0. The van der Waals surface area contributed by atoms with Crippen molar-refractivity contribution in [3.63, 3.8) is 0 Å². The number of amidine groups is 1. The summed E-state index contributed by atoms with van der Waals surface area (Å²) in [5.41, 5.74) is 8.63. The molecule has 2 fully saturated rings. The molecule has 6 rings (SSSR count). The Bertz CT molecular complexity index is 1430. The Labute approximate surface area is 251 Å². The molecular formula is C32H38N8O3. The number of ether oxygens (including phenoxy) is 1. The number of carbonyl (C=O) groups excluding carboxylic acids is 2. The molecule has 4 aliphatic rings. The average Bonchev–Trinajstić information content (AvgIpc) is 3.44. The SMILES string of the molecule is C=CC(=O)Nc1cc(C2=NN(C3CCC(N4CCN(CC=O)CC4)CC3)C3=NC=NC(N)C23)ccc1Oc1ccccc1. The third-order valence-corrected chi connectivity index (χ3v) is 8.75. The van der Waals surface area contributed by atoms with Crippen LogP contribution in [0, 0.1) is 5.92 Å². The fourth-order valence-corrected chi connectivity index (χ4v) is 6.47. The summed E-state index contributed by atoms with van der Waals surface area (Å²) in [5, 5.41) is 10.1. The number of nitrogens with two attached hydrogens (primary N) is 1. The first-order valence-electron chi connectivity index (χ1n) is 15.0. The number of rotatable bonds is 9. The Balaban J connectivity index is 1.22. The minimum absolute atomic E-state index is 0.214. The van der Waals surface area contributed by atoms with Crippen LogP contribution in [0.15, 0.2) is 76.3 Å². The van der Waals surface area contributed by atoms with Gasteiger partial charge in [0.05, 0.1) is 29.9 Å². The number of anilines is 1. The summed E-state index contributed by atoms with van der Waals surface area (Å²) < 4.78 is 6.10. The van der Waals surface area contributed by atoms with Gasteiger partial charge in [0.15, 0.2) is 5.75 Å². The topological polar surface area (TPSA) is 128 Å². The number of amides is 1. The van der Waals surface area contributed by atoms with Crippen LogP contribution < -0.4 is 15.8 Å². The van der Waals surface area contributed by atoms with Gasteiger partial charge in [-0.3, -0.25) is 19.6 Å². The standard InChI is InChI=1S/C32H38N8O3/c1-2-28(42)36-26-20-22(8-13-27(26)43-25-6-4-3-5-7-25)30-29-31(33)34-21-35-32(29)40(37-30)24-11-9-23(10-12-24)39-16-14-38(15-17-39)18-19-41/h2-8,13,19-21,23-24,29,31H,1,9-12,14-18,33H2,(H,36,42). The van der Waals surface area contributed by atoms with Gasteiger partial charge >= 0.3 is 0 Å². The van der Waals surface area contributed by atoms with Crippen molar-refractivity contribution in [2.75, 3.05) is 38.0 Å². The lowest BCUT2D eigenvalue weighted by atomic mass is 9.88. The van der Waals surface area contributed by atoms with Crippen molar-refractivity contribution in [2.45, 2.75) is 43.9 Å². The molecule has 1 saturated carbocycles. The highest BCUT2D eigenvalue weighted by molar-refractivity contribution is 6.20. The molecular weight excluding hydrogens is 544 g/mol. The number of aliphatic imine (C=N–C) groups is 2. The van der Waals surface area contributed by atoms with E-state index in [1.54, 1.807) is 6.34 Å². The van der Waals surface area contributed by atoms with Crippen LogP contribution in [0.25, 0.3) is 0 Å². The van der Waals surface area contributed by atoms with Gasteiger partial charge < -0.3 is 20.6 Å². The molecule has 1 aliphatic carbocycles. The molecule has 0 radical (unpaired) electrons. The average molecular weight is 583 g/mol. The Kier molecular flexibility index (Phi) is 8.73. The predicted octanol–water partition coefficient (Wildman–Crippen LogP) is 3.09. The molecule has 224 valence electrons. The summed E-state index contributed by atoms with van der Waals surface area (Å²) in [4.78, 5) is 37.1. The number of fused-ring (bicyclic) bond motifs is 1. The Morgan fingerprint density at radius 2 is 1.79 bits per heavy atom. The maximum absolute atomic E-state index is 12.3. The molecule has 43 heavy (non-hydrogen) atoms. The van der Waals surface area contributed by atoms with E-state index >= 15 is 0 Å². The number of hydrogen-bond donors (Lipinski definition) is 2. The van der Waals surface area contributed by atoms with Crippen LogP contribution >= 0.6 is 0 Å². The molecule has 2 aromatic carbocycles. The molecule has 0 bridgehead atoms. The number of hydrazone groups is 1. The smallest absolute Gasteiger partial charge is 0.247 e. The van der Waals surface area contributed by atoms with Crippen molar-refractivity contribution >= 4 is 35.8 Å². The lowest BCUT2D eigenvalue weighted by Crippen LogP contribution is -2.52. The Morgan fingerprint density at radius 1 is 1.05 bits per heavy atom. The van der Waals surface area contributed by atoms with Gasteiger partial charge in [0, 0.05) is 37.8 Å². The van der Waals surface area contributed by atoms with E-state index < -0.39 is 6.17 Å². The van der Waals surface area contributed by atoms with Gasteiger partial charge in [0.2, 0.25) is 5.91 Å². The quantitative estimate of drug-likeness (QED) is 0.344. The van der Waals surface area contributed by atoms with Gasteiger partial charge in [-0.05, 0) is 62.1 Å². The van der Waals surface area contributed by atoms with E-state index in [9.17, 15) is 9.59 Å². The van der Waals surface area contributed by atoms with Crippen LogP contribution in [0.5, 0.6) is 11.5 Å². The summed E-state index contributed by atoms with van der Waals surface area (Å²) in [6.45, 7) is 8.01. The second-order valence-corrected chi connectivity index (χ2v) is 11.3. The zero-order valence-electron chi connectivity index (χ0n) is 24.2. The summed E-state index contributed by atoms with van der Waals surface area (Å²) in [7, 11) is 0. The monoisotopic (exact) mass is 582 g/mol. The van der Waals surface area contributed by atoms with E-state index in [1.807, 2.05) is 48.5 Å². The number of para-hydroxylation sites is 1. The fourth-order valence-electron chi connectivity index (χ4n) is 6.47. The van der Waals surface area contributed by atoms with E-state index in [4.69, 9.17) is 15.6 Å². The van der Waals surface area contributed by atoms with Gasteiger partial charge in [-0.2, -0.15) is 5.10 Å². The largest absolute Gasteiger partial charge is 0.455 e. The molecule has 0 aromatic heterocycles. The first kappa shape index (κ1) is 28.9. The number of hydrogen-bond acceptors (Lipinski definition) is 10. The summed E-state index contributed by atoms with van der Waals surface area (Å²) >= 11 is 0. The van der Waals surface area contributed by atoms with Gasteiger partial charge in [-0.15, -0.1) is 0 Å². The first-order chi connectivity index (χ1) is 21.0. The van der Waals surface area contributed by atoms with E-state index in [1.165, 1.54) is 6.08 Å². The van der Waals surface area contributed by atoms with E-state index in [-0.39, 0.29) is 17.9 Å². The zero-order valence-corrected chi connectivity index (χ0v) is 24.2. The van der Waals surface area contributed by atoms with Crippen LogP contribution in [-0.4, -0.2) is 95.9 Å². The number of piperazine rings is 1. The highest BCUT2D eigenvalue weighted by Gasteiger charge is 2.43. The normalized spacial score (nSPS) is 25.8. The maximum Gasteiger partial charge on any atom is 0.247 e. The van der Waals surface area contributed by atoms with Crippen LogP contribution in [0.2, 0.25) is 0 Å². The second-order valence-electron chi connectivity index (χ2n) is 11.3. The molecule has 2 atom stereocenters. The van der Waals surface area contributed by atoms with E-state index in [0.717, 1.165) is 75.3 Å². The number of carbonyl (C=O) groups is 2. The van der Waals surface area contributed by atoms with Gasteiger partial charge in [-0.25, -0.2) is 10.0 Å². The lowest BCUT2D eigenvalue weighted by Gasteiger charge is -2.42. The van der Waals surface area contributed by atoms with Crippen LogP contribution in [0.1, 0.15) is 31.2 Å². The van der Waals surface area contributed by atoms with Crippen molar-refractivity contribution in [3.05, 3.63) is 66.7 Å². The molecule has 2 unspecified atom stereocenters. The van der Waals surface area contributed by atoms with Crippen molar-refractivity contribution < 1.29 is 14.3 Å². The highest BCUT2D eigenvalue weighted by atomic mass is 16.5. The molecule has 0 spiro atoms. The van der Waals surface area contributed by atoms with E-state index in [0.29, 0.717) is 29.8 Å². The summed E-state index contributed by atoms with van der Waals surface area (Å²) in [6.07, 6.45) is 7.42. The molecule has 2 aromatic rings. The minimum Gasteiger partial charge on any atom is -0.455 e.